The summed E-state index contributed by atoms with van der Waals surface area (Å²) in [5.41, 5.74) is 0.372. The van der Waals surface area contributed by atoms with E-state index in [9.17, 15) is 4.79 Å². The lowest BCUT2D eigenvalue weighted by molar-refractivity contribution is 0.0508. The predicted molar refractivity (Wildman–Crippen MR) is 50.4 cm³/mol. The van der Waals surface area contributed by atoms with Crippen molar-refractivity contribution in [2.24, 2.45) is 0 Å². The van der Waals surface area contributed by atoms with Gasteiger partial charge in [0, 0.05) is 6.54 Å². The third-order valence-electron chi connectivity index (χ3n) is 1.79. The van der Waals surface area contributed by atoms with E-state index in [1.807, 2.05) is 6.92 Å². The molecule has 0 saturated heterocycles. The molecule has 0 atom stereocenters. The lowest BCUT2D eigenvalue weighted by Gasteiger charge is -2.05. The Hall–Kier alpha value is -1.52. The molecule has 1 aromatic heterocycles. The number of hydrogen-bond donors (Lipinski definition) is 0. The van der Waals surface area contributed by atoms with Gasteiger partial charge in [0.2, 0.25) is 0 Å². The summed E-state index contributed by atoms with van der Waals surface area (Å²) in [5, 5.41) is 4.00. The van der Waals surface area contributed by atoms with Crippen LogP contribution in [0.15, 0.2) is 6.20 Å². The fraction of sp³-hybridized carbons (Fsp3) is 0.556. The van der Waals surface area contributed by atoms with Crippen LogP contribution < -0.4 is 4.74 Å². The average molecular weight is 198 g/mol. The summed E-state index contributed by atoms with van der Waals surface area (Å²) < 4.78 is 11.5. The summed E-state index contributed by atoms with van der Waals surface area (Å²) in [6, 6.07) is 0. The van der Waals surface area contributed by atoms with Gasteiger partial charge in [-0.2, -0.15) is 5.10 Å². The Morgan fingerprint density at radius 3 is 2.79 bits per heavy atom. The van der Waals surface area contributed by atoms with Crippen molar-refractivity contribution in [1.82, 2.24) is 9.78 Å². The van der Waals surface area contributed by atoms with Gasteiger partial charge in [0.15, 0.2) is 11.4 Å². The molecule has 0 N–H and O–H groups in total. The zero-order chi connectivity index (χ0) is 10.6. The number of carbonyl (C=O) groups excluding carboxylic acids is 1. The van der Waals surface area contributed by atoms with Gasteiger partial charge in [-0.25, -0.2) is 4.79 Å². The van der Waals surface area contributed by atoms with Crippen molar-refractivity contribution in [3.63, 3.8) is 0 Å². The van der Waals surface area contributed by atoms with Crippen molar-refractivity contribution in [3.8, 4) is 5.75 Å². The monoisotopic (exact) mass is 198 g/mol. The fourth-order valence-corrected chi connectivity index (χ4v) is 1.16. The highest BCUT2D eigenvalue weighted by Crippen LogP contribution is 2.18. The summed E-state index contributed by atoms with van der Waals surface area (Å²) in [5.74, 6) is 0.0500. The van der Waals surface area contributed by atoms with Crippen molar-refractivity contribution in [1.29, 1.82) is 0 Å². The predicted octanol–water partition coefficient (Wildman–Crippen LogP) is 1.09. The molecule has 0 saturated carbocycles. The van der Waals surface area contributed by atoms with Crippen LogP contribution in [0, 0.1) is 0 Å². The second-order valence-electron chi connectivity index (χ2n) is 2.60. The highest BCUT2D eigenvalue weighted by molar-refractivity contribution is 5.90. The van der Waals surface area contributed by atoms with Crippen LogP contribution >= 0.6 is 0 Å². The first kappa shape index (κ1) is 10.6. The molecule has 5 heteroatoms. The minimum atomic E-state index is -0.399. The van der Waals surface area contributed by atoms with Crippen molar-refractivity contribution in [2.75, 3.05) is 13.7 Å². The van der Waals surface area contributed by atoms with E-state index in [0.29, 0.717) is 24.6 Å². The van der Waals surface area contributed by atoms with Crippen LogP contribution in [-0.4, -0.2) is 29.5 Å². The van der Waals surface area contributed by atoms with Crippen LogP contribution in [0.25, 0.3) is 0 Å². The second kappa shape index (κ2) is 4.64. The number of methoxy groups -OCH3 is 1. The molecule has 5 nitrogen and oxygen atoms in total. The number of carbonyl (C=O) groups is 1. The van der Waals surface area contributed by atoms with Gasteiger partial charge in [-0.05, 0) is 13.8 Å². The van der Waals surface area contributed by atoms with E-state index in [-0.39, 0.29) is 0 Å². The Bertz CT molecular complexity index is 298. The molecule has 0 amide bonds. The third-order valence-corrected chi connectivity index (χ3v) is 1.79. The molecule has 0 spiro atoms. The van der Waals surface area contributed by atoms with Crippen LogP contribution in [0.4, 0.5) is 0 Å². The Labute approximate surface area is 82.6 Å². The number of hydrogen-bond acceptors (Lipinski definition) is 4. The fourth-order valence-electron chi connectivity index (χ4n) is 1.16. The molecule has 0 radical (unpaired) electrons. The minimum absolute atomic E-state index is 0.344. The highest BCUT2D eigenvalue weighted by atomic mass is 16.5. The molecule has 0 unspecified atom stereocenters. The standard InChI is InChI=1S/C9H14N2O3/c1-4-11-8(9(12)14-5-2)7(13-3)6-10-11/h6H,4-5H2,1-3H3. The number of esters is 1. The molecular formula is C9H14N2O3. The Kier molecular flexibility index (Phi) is 3.50. The summed E-state index contributed by atoms with van der Waals surface area (Å²) in [6.45, 7) is 4.61. The number of rotatable bonds is 4. The van der Waals surface area contributed by atoms with Gasteiger partial charge >= 0.3 is 5.97 Å². The first-order valence-electron chi connectivity index (χ1n) is 4.51. The van der Waals surface area contributed by atoms with Crippen LogP contribution in [0.5, 0.6) is 5.75 Å². The van der Waals surface area contributed by atoms with Gasteiger partial charge in [0.25, 0.3) is 0 Å². The molecule has 0 bridgehead atoms. The summed E-state index contributed by atoms with van der Waals surface area (Å²) in [6.07, 6.45) is 1.51. The van der Waals surface area contributed by atoms with Gasteiger partial charge in [0.1, 0.15) is 0 Å². The molecule has 0 aliphatic heterocycles. The molecule has 0 aliphatic rings. The van der Waals surface area contributed by atoms with Gasteiger partial charge in [-0.1, -0.05) is 0 Å². The van der Waals surface area contributed by atoms with E-state index in [2.05, 4.69) is 5.10 Å². The van der Waals surface area contributed by atoms with Crippen LogP contribution in [0.1, 0.15) is 24.3 Å². The van der Waals surface area contributed by atoms with Gasteiger partial charge < -0.3 is 9.47 Å². The van der Waals surface area contributed by atoms with Crippen molar-refractivity contribution >= 4 is 5.97 Å². The molecular weight excluding hydrogens is 184 g/mol. The first-order valence-corrected chi connectivity index (χ1v) is 4.51. The Morgan fingerprint density at radius 2 is 2.29 bits per heavy atom. The number of aromatic nitrogens is 2. The van der Waals surface area contributed by atoms with E-state index in [4.69, 9.17) is 9.47 Å². The van der Waals surface area contributed by atoms with E-state index < -0.39 is 5.97 Å². The summed E-state index contributed by atoms with van der Waals surface area (Å²) >= 11 is 0. The van der Waals surface area contributed by atoms with Crippen molar-refractivity contribution in [3.05, 3.63) is 11.9 Å². The Balaban J connectivity index is 3.01. The normalized spacial score (nSPS) is 9.93. The van der Waals surface area contributed by atoms with E-state index in [0.717, 1.165) is 0 Å². The van der Waals surface area contributed by atoms with Crippen molar-refractivity contribution in [2.45, 2.75) is 20.4 Å². The number of ether oxygens (including phenoxy) is 2. The van der Waals surface area contributed by atoms with Crippen LogP contribution in [0.2, 0.25) is 0 Å². The average Bonchev–Trinajstić information content (AvgIpc) is 2.60. The molecule has 1 heterocycles. The number of nitrogens with zero attached hydrogens (tertiary/aromatic N) is 2. The molecule has 0 aliphatic carbocycles. The molecule has 1 rings (SSSR count). The van der Waals surface area contributed by atoms with Gasteiger partial charge in [-0.15, -0.1) is 0 Å². The maximum absolute atomic E-state index is 11.5. The second-order valence-corrected chi connectivity index (χ2v) is 2.60. The van der Waals surface area contributed by atoms with Gasteiger partial charge in [-0.3, -0.25) is 4.68 Å². The largest absolute Gasteiger partial charge is 0.493 e. The number of aryl methyl sites for hydroxylation is 1. The topological polar surface area (TPSA) is 53.4 Å². The highest BCUT2D eigenvalue weighted by Gasteiger charge is 2.19. The molecule has 78 valence electrons. The lowest BCUT2D eigenvalue weighted by Crippen LogP contribution is -2.13. The van der Waals surface area contributed by atoms with E-state index in [1.165, 1.54) is 13.3 Å². The quantitative estimate of drug-likeness (QED) is 0.679. The molecule has 0 fully saturated rings. The zero-order valence-corrected chi connectivity index (χ0v) is 8.61. The van der Waals surface area contributed by atoms with E-state index >= 15 is 0 Å². The molecule has 1 aromatic rings. The zero-order valence-electron chi connectivity index (χ0n) is 8.61. The Morgan fingerprint density at radius 1 is 1.57 bits per heavy atom. The maximum atomic E-state index is 11.5. The molecule has 14 heavy (non-hydrogen) atoms. The minimum Gasteiger partial charge on any atom is -0.493 e. The summed E-state index contributed by atoms with van der Waals surface area (Å²) in [7, 11) is 1.50. The summed E-state index contributed by atoms with van der Waals surface area (Å²) in [4.78, 5) is 11.5. The van der Waals surface area contributed by atoms with E-state index in [1.54, 1.807) is 11.6 Å². The smallest absolute Gasteiger partial charge is 0.360 e. The molecule has 0 aromatic carbocycles. The third kappa shape index (κ3) is 1.86. The first-order chi connectivity index (χ1) is 6.74. The maximum Gasteiger partial charge on any atom is 0.360 e. The van der Waals surface area contributed by atoms with Gasteiger partial charge in [0.05, 0.1) is 19.9 Å². The van der Waals surface area contributed by atoms with Crippen molar-refractivity contribution < 1.29 is 14.3 Å². The van der Waals surface area contributed by atoms with Crippen LogP contribution in [0.3, 0.4) is 0 Å². The SMILES string of the molecule is CCOC(=O)c1c(OC)cnn1CC. The lowest BCUT2D eigenvalue weighted by atomic mass is 10.4. The van der Waals surface area contributed by atoms with Crippen LogP contribution in [-0.2, 0) is 11.3 Å².